The summed E-state index contributed by atoms with van der Waals surface area (Å²) in [6.07, 6.45) is 1.39. The normalized spacial score (nSPS) is 16.1. The summed E-state index contributed by atoms with van der Waals surface area (Å²) < 4.78 is 26.7. The number of rotatable bonds is 6. The Kier molecular flexibility index (Phi) is 5.88. The van der Waals surface area contributed by atoms with Gasteiger partial charge in [0.05, 0.1) is 16.2 Å². The van der Waals surface area contributed by atoms with Crippen LogP contribution < -0.4 is 5.32 Å². The lowest BCUT2D eigenvalue weighted by Gasteiger charge is -2.31. The van der Waals surface area contributed by atoms with Crippen molar-refractivity contribution in [2.45, 2.75) is 30.2 Å². The Balaban J connectivity index is 1.56. The molecule has 1 N–H and O–H groups in total. The van der Waals surface area contributed by atoms with E-state index in [0.29, 0.717) is 32.4 Å². The number of thiophene rings is 1. The summed E-state index contributed by atoms with van der Waals surface area (Å²) in [6.45, 7) is 0.590. The van der Waals surface area contributed by atoms with Gasteiger partial charge in [-0.25, -0.2) is 8.42 Å². The molecule has 1 amide bonds. The van der Waals surface area contributed by atoms with Crippen molar-refractivity contribution in [3.05, 3.63) is 56.8 Å². The highest BCUT2D eigenvalue weighted by Gasteiger charge is 2.30. The Bertz CT molecular complexity index is 903. The van der Waals surface area contributed by atoms with E-state index in [-0.39, 0.29) is 22.5 Å². The van der Waals surface area contributed by atoms with E-state index >= 15 is 0 Å². The third-order valence-electron chi connectivity index (χ3n) is 4.42. The zero-order valence-electron chi connectivity index (χ0n) is 14.4. The molecular formula is C17H19N3O5S2. The molecule has 0 unspecified atom stereocenters. The quantitative estimate of drug-likeness (QED) is 0.581. The number of amides is 1. The summed E-state index contributed by atoms with van der Waals surface area (Å²) in [5, 5.41) is 15.6. The number of benzene rings is 1. The molecule has 144 valence electrons. The zero-order chi connectivity index (χ0) is 19.4. The number of hydrogen-bond acceptors (Lipinski definition) is 6. The number of sulfonamides is 1. The minimum Gasteiger partial charge on any atom is -0.353 e. The van der Waals surface area contributed by atoms with Crippen molar-refractivity contribution in [2.75, 3.05) is 13.1 Å². The van der Waals surface area contributed by atoms with Crippen LogP contribution in [0.3, 0.4) is 0 Å². The Morgan fingerprint density at radius 3 is 2.44 bits per heavy atom. The number of nitro benzene ring substituents is 1. The second-order valence-corrected chi connectivity index (χ2v) is 9.22. The molecule has 8 nitrogen and oxygen atoms in total. The molecule has 0 saturated carbocycles. The van der Waals surface area contributed by atoms with Crippen molar-refractivity contribution < 1.29 is 18.1 Å². The number of carbonyl (C=O) groups is 1. The average Bonchev–Trinajstić information content (AvgIpc) is 3.15. The van der Waals surface area contributed by atoms with Crippen LogP contribution in [-0.2, 0) is 21.2 Å². The maximum absolute atomic E-state index is 12.7. The van der Waals surface area contributed by atoms with Crippen molar-refractivity contribution in [1.82, 2.24) is 9.62 Å². The molecule has 0 aliphatic carbocycles. The fourth-order valence-electron chi connectivity index (χ4n) is 2.98. The summed E-state index contributed by atoms with van der Waals surface area (Å²) in [4.78, 5) is 23.2. The van der Waals surface area contributed by atoms with E-state index in [1.54, 1.807) is 0 Å². The topological polar surface area (TPSA) is 110 Å². The lowest BCUT2D eigenvalue weighted by molar-refractivity contribution is -0.384. The number of nitro groups is 1. The van der Waals surface area contributed by atoms with Crippen molar-refractivity contribution in [3.63, 3.8) is 0 Å². The van der Waals surface area contributed by atoms with Crippen LogP contribution in [0.2, 0.25) is 0 Å². The van der Waals surface area contributed by atoms with E-state index in [1.165, 1.54) is 39.9 Å². The first-order valence-electron chi connectivity index (χ1n) is 8.42. The Labute approximate surface area is 161 Å². The molecule has 0 spiro atoms. The predicted molar refractivity (Wildman–Crippen MR) is 101 cm³/mol. The monoisotopic (exact) mass is 409 g/mol. The van der Waals surface area contributed by atoms with Gasteiger partial charge in [-0.05, 0) is 36.4 Å². The van der Waals surface area contributed by atoms with E-state index in [2.05, 4.69) is 5.32 Å². The third-order valence-corrected chi connectivity index (χ3v) is 7.21. The number of carbonyl (C=O) groups excluding carboxylic acids is 1. The average molecular weight is 409 g/mol. The van der Waals surface area contributed by atoms with Gasteiger partial charge in [0.25, 0.3) is 5.69 Å². The Morgan fingerprint density at radius 2 is 1.89 bits per heavy atom. The fraction of sp³-hybridized carbons (Fsp3) is 0.353. The first-order chi connectivity index (χ1) is 12.9. The molecule has 1 aliphatic heterocycles. The molecule has 27 heavy (non-hydrogen) atoms. The largest absolute Gasteiger partial charge is 0.353 e. The molecular weight excluding hydrogens is 390 g/mol. The lowest BCUT2D eigenvalue weighted by Crippen LogP contribution is -2.46. The van der Waals surface area contributed by atoms with E-state index in [9.17, 15) is 23.3 Å². The first kappa shape index (κ1) is 19.5. The molecule has 10 heteroatoms. The van der Waals surface area contributed by atoms with Gasteiger partial charge in [-0.3, -0.25) is 14.9 Å². The van der Waals surface area contributed by atoms with Gasteiger partial charge in [0, 0.05) is 36.1 Å². The molecule has 1 saturated heterocycles. The van der Waals surface area contributed by atoms with E-state index in [1.807, 2.05) is 17.5 Å². The minimum absolute atomic E-state index is 0.0354. The summed E-state index contributed by atoms with van der Waals surface area (Å²) in [6, 6.07) is 8.62. The standard InChI is InChI=1S/C17H19N3O5S2/c21-17(12-15-2-1-11-26-15)18-13-7-9-19(10-8-13)27(24,25)16-5-3-14(4-6-16)20(22)23/h1-6,11,13H,7-10,12H2,(H,18,21). The van der Waals surface area contributed by atoms with Crippen LogP contribution in [0.1, 0.15) is 17.7 Å². The highest BCUT2D eigenvalue weighted by Crippen LogP contribution is 2.23. The summed E-state index contributed by atoms with van der Waals surface area (Å²) in [5.74, 6) is -0.0610. The smallest absolute Gasteiger partial charge is 0.269 e. The van der Waals surface area contributed by atoms with Gasteiger partial charge >= 0.3 is 0 Å². The molecule has 1 aliphatic rings. The van der Waals surface area contributed by atoms with Crippen LogP contribution in [0.5, 0.6) is 0 Å². The van der Waals surface area contributed by atoms with Crippen LogP contribution in [0.4, 0.5) is 5.69 Å². The molecule has 2 heterocycles. The Hall–Kier alpha value is -2.30. The summed E-state index contributed by atoms with van der Waals surface area (Å²) >= 11 is 1.53. The highest BCUT2D eigenvalue weighted by atomic mass is 32.2. The molecule has 1 fully saturated rings. The van der Waals surface area contributed by atoms with Crippen LogP contribution in [0.25, 0.3) is 0 Å². The highest BCUT2D eigenvalue weighted by molar-refractivity contribution is 7.89. The van der Waals surface area contributed by atoms with E-state index < -0.39 is 14.9 Å². The minimum atomic E-state index is -3.70. The van der Waals surface area contributed by atoms with Gasteiger partial charge in [-0.15, -0.1) is 11.3 Å². The number of nitrogens with one attached hydrogen (secondary N) is 1. The maximum Gasteiger partial charge on any atom is 0.269 e. The number of piperidine rings is 1. The second-order valence-electron chi connectivity index (χ2n) is 6.25. The van der Waals surface area contributed by atoms with Crippen LogP contribution in [0.15, 0.2) is 46.7 Å². The van der Waals surface area contributed by atoms with Crippen LogP contribution in [-0.4, -0.2) is 42.7 Å². The number of nitrogens with zero attached hydrogens (tertiary/aromatic N) is 2. The van der Waals surface area contributed by atoms with Crippen LogP contribution in [0, 0.1) is 10.1 Å². The fourth-order valence-corrected chi connectivity index (χ4v) is 5.15. The zero-order valence-corrected chi connectivity index (χ0v) is 16.0. The first-order valence-corrected chi connectivity index (χ1v) is 10.7. The van der Waals surface area contributed by atoms with Crippen molar-refractivity contribution in [1.29, 1.82) is 0 Å². The van der Waals surface area contributed by atoms with Crippen molar-refractivity contribution in [3.8, 4) is 0 Å². The molecule has 0 atom stereocenters. The number of non-ortho nitro benzene ring substituents is 1. The SMILES string of the molecule is O=C(Cc1cccs1)NC1CCN(S(=O)(=O)c2ccc([N+](=O)[O-])cc2)CC1. The molecule has 3 rings (SSSR count). The Morgan fingerprint density at radius 1 is 1.22 bits per heavy atom. The molecule has 0 radical (unpaired) electrons. The molecule has 0 bridgehead atoms. The van der Waals surface area contributed by atoms with Crippen LogP contribution >= 0.6 is 11.3 Å². The summed E-state index contributed by atoms with van der Waals surface area (Å²) in [5.41, 5.74) is -0.152. The van der Waals surface area contributed by atoms with E-state index in [4.69, 9.17) is 0 Å². The van der Waals surface area contributed by atoms with Gasteiger partial charge in [0.1, 0.15) is 0 Å². The molecule has 1 aromatic heterocycles. The number of hydrogen-bond donors (Lipinski definition) is 1. The molecule has 1 aromatic carbocycles. The third kappa shape index (κ3) is 4.71. The van der Waals surface area contributed by atoms with Gasteiger partial charge < -0.3 is 5.32 Å². The van der Waals surface area contributed by atoms with Gasteiger partial charge in [0.2, 0.25) is 15.9 Å². The maximum atomic E-state index is 12.7. The predicted octanol–water partition coefficient (Wildman–Crippen LogP) is 2.17. The van der Waals surface area contributed by atoms with Gasteiger partial charge in [-0.1, -0.05) is 6.07 Å². The second kappa shape index (κ2) is 8.15. The van der Waals surface area contributed by atoms with E-state index in [0.717, 1.165) is 4.88 Å². The van der Waals surface area contributed by atoms with Gasteiger partial charge in [0.15, 0.2) is 0 Å². The summed E-state index contributed by atoms with van der Waals surface area (Å²) in [7, 11) is -3.70. The van der Waals surface area contributed by atoms with Crippen molar-refractivity contribution >= 4 is 33.0 Å². The molecule has 2 aromatic rings. The lowest BCUT2D eigenvalue weighted by atomic mass is 10.1. The van der Waals surface area contributed by atoms with Crippen molar-refractivity contribution in [2.24, 2.45) is 0 Å². The van der Waals surface area contributed by atoms with Gasteiger partial charge in [-0.2, -0.15) is 4.31 Å².